The van der Waals surface area contributed by atoms with E-state index in [0.717, 1.165) is 17.5 Å². The van der Waals surface area contributed by atoms with Crippen molar-refractivity contribution in [1.29, 1.82) is 0 Å². The average Bonchev–Trinajstić information content (AvgIpc) is 2.42. The van der Waals surface area contributed by atoms with Crippen molar-refractivity contribution in [2.75, 3.05) is 0 Å². The summed E-state index contributed by atoms with van der Waals surface area (Å²) in [5.41, 5.74) is 1.89. The van der Waals surface area contributed by atoms with Crippen LogP contribution in [0.3, 0.4) is 0 Å². The molecule has 0 aromatic heterocycles. The van der Waals surface area contributed by atoms with E-state index in [-0.39, 0.29) is 0 Å². The first-order chi connectivity index (χ1) is 10.1. The number of hydrogen-bond acceptors (Lipinski definition) is 0. The smallest absolute Gasteiger partial charge is 0.0493 e. The summed E-state index contributed by atoms with van der Waals surface area (Å²) >= 11 is 23.9. The minimum atomic E-state index is 0.634. The third-order valence-corrected chi connectivity index (χ3v) is 3.92. The predicted octanol–water partition coefficient (Wildman–Crippen LogP) is 7.42. The van der Waals surface area contributed by atoms with Gasteiger partial charge in [0.15, 0.2) is 0 Å². The first-order valence-electron chi connectivity index (χ1n) is 6.29. The molecular weight excluding hydrogens is 346 g/mol. The van der Waals surface area contributed by atoms with Gasteiger partial charge in [0.25, 0.3) is 0 Å². The van der Waals surface area contributed by atoms with Crippen molar-refractivity contribution in [3.8, 4) is 0 Å². The van der Waals surface area contributed by atoms with Crippen LogP contribution < -0.4 is 0 Å². The van der Waals surface area contributed by atoms with E-state index in [1.807, 2.05) is 48.6 Å². The summed E-state index contributed by atoms with van der Waals surface area (Å²) in [4.78, 5) is 0. The molecule has 0 spiro atoms. The van der Waals surface area contributed by atoms with Crippen LogP contribution >= 0.6 is 46.4 Å². The molecule has 0 aliphatic heterocycles. The summed E-state index contributed by atoms with van der Waals surface area (Å²) in [6.07, 6.45) is 8.75. The normalized spacial score (nSPS) is 11.6. The zero-order valence-electron chi connectivity index (χ0n) is 11.0. The highest BCUT2D eigenvalue weighted by atomic mass is 35.5. The summed E-state index contributed by atoms with van der Waals surface area (Å²) in [5.74, 6) is 0. The Kier molecular flexibility index (Phi) is 6.20. The highest BCUT2D eigenvalue weighted by Crippen LogP contribution is 2.23. The number of hydrogen-bond donors (Lipinski definition) is 0. The van der Waals surface area contributed by atoms with E-state index in [1.165, 1.54) is 0 Å². The zero-order valence-corrected chi connectivity index (χ0v) is 14.0. The van der Waals surface area contributed by atoms with Gasteiger partial charge in [0, 0.05) is 20.1 Å². The van der Waals surface area contributed by atoms with Crippen LogP contribution in [0.2, 0.25) is 20.1 Å². The molecule has 0 amide bonds. The SMILES string of the molecule is Clc1ccc(/C=C/C/C=C/c2ccc(Cl)cc2Cl)c(Cl)c1. The van der Waals surface area contributed by atoms with Gasteiger partial charge >= 0.3 is 0 Å². The van der Waals surface area contributed by atoms with E-state index in [1.54, 1.807) is 12.1 Å². The second-order valence-electron chi connectivity index (χ2n) is 4.37. The van der Waals surface area contributed by atoms with Crippen LogP contribution in [0.5, 0.6) is 0 Å². The van der Waals surface area contributed by atoms with Gasteiger partial charge in [-0.05, 0) is 41.8 Å². The maximum Gasteiger partial charge on any atom is 0.0493 e. The highest BCUT2D eigenvalue weighted by molar-refractivity contribution is 6.36. The van der Waals surface area contributed by atoms with Crippen LogP contribution in [0.15, 0.2) is 48.6 Å². The quantitative estimate of drug-likeness (QED) is 0.534. The largest absolute Gasteiger partial charge is 0.0843 e. The lowest BCUT2D eigenvalue weighted by molar-refractivity contribution is 1.42. The second kappa shape index (κ2) is 7.91. The number of allylic oxidation sites excluding steroid dienone is 2. The Morgan fingerprint density at radius 1 is 0.667 bits per heavy atom. The van der Waals surface area contributed by atoms with Gasteiger partial charge in [-0.25, -0.2) is 0 Å². The number of halogens is 4. The van der Waals surface area contributed by atoms with Gasteiger partial charge in [0.1, 0.15) is 0 Å². The summed E-state index contributed by atoms with van der Waals surface area (Å²) in [6.45, 7) is 0. The Morgan fingerprint density at radius 2 is 1.10 bits per heavy atom. The van der Waals surface area contributed by atoms with Crippen LogP contribution in [0.4, 0.5) is 0 Å². The van der Waals surface area contributed by atoms with E-state index >= 15 is 0 Å². The molecule has 0 saturated heterocycles. The molecule has 108 valence electrons. The lowest BCUT2D eigenvalue weighted by Crippen LogP contribution is -1.75. The molecule has 0 fully saturated rings. The highest BCUT2D eigenvalue weighted by Gasteiger charge is 1.97. The van der Waals surface area contributed by atoms with E-state index in [4.69, 9.17) is 46.4 Å². The molecule has 0 saturated carbocycles. The Hall–Kier alpha value is -0.920. The molecule has 0 nitrogen and oxygen atoms in total. The summed E-state index contributed by atoms with van der Waals surface area (Å²) in [5, 5.41) is 2.55. The fourth-order valence-electron chi connectivity index (χ4n) is 1.74. The van der Waals surface area contributed by atoms with E-state index < -0.39 is 0 Å². The molecule has 4 heteroatoms. The molecule has 0 radical (unpaired) electrons. The maximum absolute atomic E-state index is 6.09. The first-order valence-corrected chi connectivity index (χ1v) is 7.80. The molecular formula is C17H12Cl4. The summed E-state index contributed by atoms with van der Waals surface area (Å²) < 4.78 is 0. The van der Waals surface area contributed by atoms with E-state index in [2.05, 4.69) is 0 Å². The van der Waals surface area contributed by atoms with Crippen LogP contribution in [0, 0.1) is 0 Å². The van der Waals surface area contributed by atoms with Crippen molar-refractivity contribution in [1.82, 2.24) is 0 Å². The van der Waals surface area contributed by atoms with Crippen molar-refractivity contribution < 1.29 is 0 Å². The van der Waals surface area contributed by atoms with Gasteiger partial charge in [-0.15, -0.1) is 0 Å². The third kappa shape index (κ3) is 5.09. The van der Waals surface area contributed by atoms with E-state index in [0.29, 0.717) is 20.1 Å². The molecule has 2 aromatic rings. The monoisotopic (exact) mass is 356 g/mol. The van der Waals surface area contributed by atoms with E-state index in [9.17, 15) is 0 Å². The molecule has 0 bridgehead atoms. The van der Waals surface area contributed by atoms with Crippen molar-refractivity contribution in [3.63, 3.8) is 0 Å². The number of benzene rings is 2. The van der Waals surface area contributed by atoms with Crippen molar-refractivity contribution in [2.45, 2.75) is 6.42 Å². The molecule has 0 aliphatic rings. The average molecular weight is 358 g/mol. The van der Waals surface area contributed by atoms with Crippen LogP contribution in [0.25, 0.3) is 12.2 Å². The lowest BCUT2D eigenvalue weighted by atomic mass is 10.1. The topological polar surface area (TPSA) is 0 Å². The Labute approximate surface area is 144 Å². The minimum absolute atomic E-state index is 0.634. The molecule has 0 atom stereocenters. The van der Waals surface area contributed by atoms with Gasteiger partial charge in [-0.1, -0.05) is 82.8 Å². The molecule has 2 rings (SSSR count). The van der Waals surface area contributed by atoms with Crippen LogP contribution in [-0.2, 0) is 0 Å². The summed E-state index contributed by atoms with van der Waals surface area (Å²) in [7, 11) is 0. The lowest BCUT2D eigenvalue weighted by Gasteiger charge is -1.99. The fraction of sp³-hybridized carbons (Fsp3) is 0.0588. The van der Waals surface area contributed by atoms with Crippen molar-refractivity contribution in [2.24, 2.45) is 0 Å². The van der Waals surface area contributed by atoms with Gasteiger partial charge in [0.2, 0.25) is 0 Å². The Morgan fingerprint density at radius 3 is 1.48 bits per heavy atom. The Bertz CT molecular complexity index is 628. The van der Waals surface area contributed by atoms with Crippen molar-refractivity contribution >= 4 is 58.6 Å². The number of rotatable bonds is 4. The van der Waals surface area contributed by atoms with Crippen LogP contribution in [0.1, 0.15) is 17.5 Å². The summed E-state index contributed by atoms with van der Waals surface area (Å²) in [6, 6.07) is 10.9. The van der Waals surface area contributed by atoms with Crippen LogP contribution in [-0.4, -0.2) is 0 Å². The maximum atomic E-state index is 6.09. The zero-order chi connectivity index (χ0) is 15.2. The van der Waals surface area contributed by atoms with Gasteiger partial charge in [0.05, 0.1) is 0 Å². The molecule has 21 heavy (non-hydrogen) atoms. The van der Waals surface area contributed by atoms with Crippen molar-refractivity contribution in [3.05, 3.63) is 79.8 Å². The fourth-order valence-corrected chi connectivity index (χ4v) is 2.68. The standard InChI is InChI=1S/C17H12Cl4/c18-14-8-6-12(16(20)10-14)4-2-1-3-5-13-7-9-15(19)11-17(13)21/h2-11H,1H2/b4-2+,5-3+. The molecule has 0 unspecified atom stereocenters. The first kappa shape index (κ1) is 16.5. The molecule has 0 N–H and O–H groups in total. The third-order valence-electron chi connectivity index (χ3n) is 2.79. The molecule has 0 aliphatic carbocycles. The second-order valence-corrected chi connectivity index (χ2v) is 6.06. The Balaban J connectivity index is 1.97. The molecule has 0 heterocycles. The van der Waals surface area contributed by atoms with Gasteiger partial charge in [-0.2, -0.15) is 0 Å². The minimum Gasteiger partial charge on any atom is -0.0843 e. The van der Waals surface area contributed by atoms with Gasteiger partial charge in [-0.3, -0.25) is 0 Å². The van der Waals surface area contributed by atoms with Gasteiger partial charge < -0.3 is 0 Å². The predicted molar refractivity (Wildman–Crippen MR) is 95.6 cm³/mol. The molecule has 2 aromatic carbocycles.